The van der Waals surface area contributed by atoms with Crippen molar-refractivity contribution in [3.05, 3.63) is 43.5 Å². The summed E-state index contributed by atoms with van der Waals surface area (Å²) in [7, 11) is 0. The molecule has 0 saturated heterocycles. The molecule has 0 aliphatic heterocycles. The van der Waals surface area contributed by atoms with Crippen molar-refractivity contribution in [3.8, 4) is 11.8 Å². The molecule has 0 aliphatic rings. The van der Waals surface area contributed by atoms with E-state index in [-0.39, 0.29) is 5.75 Å². The summed E-state index contributed by atoms with van der Waals surface area (Å²) in [5, 5.41) is 13.9. The van der Waals surface area contributed by atoms with E-state index in [1.165, 1.54) is 23.5 Å². The lowest BCUT2D eigenvalue weighted by molar-refractivity contribution is -0.0498. The summed E-state index contributed by atoms with van der Waals surface area (Å²) >= 11 is 10.5. The topological polar surface area (TPSA) is 45.0 Å². The third-order valence-electron chi connectivity index (χ3n) is 2.45. The van der Waals surface area contributed by atoms with Crippen molar-refractivity contribution < 1.29 is 13.5 Å². The molecular weight excluding hydrogens is 386 g/mol. The van der Waals surface area contributed by atoms with Crippen LogP contribution in [0.15, 0.2) is 28.1 Å². The first-order valence-corrected chi connectivity index (χ1v) is 7.70. The van der Waals surface area contributed by atoms with E-state index in [0.29, 0.717) is 27.3 Å². The Bertz CT molecular complexity index is 687. The SMILES string of the molecule is N#Cc1csc(CNc2cc(Cl)cc(Br)c2OC(F)F)c1. The van der Waals surface area contributed by atoms with Crippen molar-refractivity contribution in [2.24, 2.45) is 0 Å². The summed E-state index contributed by atoms with van der Waals surface area (Å²) in [4.78, 5) is 0.894. The second-order valence-electron chi connectivity index (χ2n) is 3.91. The van der Waals surface area contributed by atoms with Crippen molar-refractivity contribution in [2.45, 2.75) is 13.2 Å². The maximum absolute atomic E-state index is 12.5. The molecule has 1 N–H and O–H groups in total. The van der Waals surface area contributed by atoms with Crippen LogP contribution in [-0.2, 0) is 6.54 Å². The number of benzene rings is 1. The lowest BCUT2D eigenvalue weighted by Crippen LogP contribution is -2.07. The van der Waals surface area contributed by atoms with Crippen LogP contribution < -0.4 is 10.1 Å². The minimum absolute atomic E-state index is 0.00790. The van der Waals surface area contributed by atoms with Gasteiger partial charge in [0.2, 0.25) is 0 Å². The molecule has 2 aromatic rings. The molecule has 0 spiro atoms. The van der Waals surface area contributed by atoms with Gasteiger partial charge in [0.1, 0.15) is 6.07 Å². The van der Waals surface area contributed by atoms with Crippen LogP contribution in [0.4, 0.5) is 14.5 Å². The molecule has 110 valence electrons. The van der Waals surface area contributed by atoms with Crippen molar-refractivity contribution in [1.82, 2.24) is 0 Å². The Kier molecular flexibility index (Phi) is 5.39. The number of rotatable bonds is 5. The highest BCUT2D eigenvalue weighted by Gasteiger charge is 2.15. The molecule has 8 heteroatoms. The molecule has 2 rings (SSSR count). The van der Waals surface area contributed by atoms with Crippen LogP contribution >= 0.6 is 38.9 Å². The molecule has 21 heavy (non-hydrogen) atoms. The van der Waals surface area contributed by atoms with E-state index in [1.54, 1.807) is 11.4 Å². The number of nitrogens with zero attached hydrogens (tertiary/aromatic N) is 1. The van der Waals surface area contributed by atoms with Crippen molar-refractivity contribution in [1.29, 1.82) is 5.26 Å². The standard InChI is InChI=1S/C13H8BrClF2N2OS/c14-10-2-8(15)3-11(12(10)20-13(16)17)19-5-9-1-7(4-18)6-21-9/h1-3,6,13,19H,5H2. The van der Waals surface area contributed by atoms with Gasteiger partial charge in [0, 0.05) is 21.8 Å². The summed E-state index contributed by atoms with van der Waals surface area (Å²) in [6, 6.07) is 6.74. The van der Waals surface area contributed by atoms with E-state index in [4.69, 9.17) is 16.9 Å². The molecule has 3 nitrogen and oxygen atoms in total. The molecule has 1 aromatic carbocycles. The monoisotopic (exact) mass is 392 g/mol. The van der Waals surface area contributed by atoms with E-state index >= 15 is 0 Å². The quantitative estimate of drug-likeness (QED) is 0.754. The number of nitriles is 1. The number of thiophene rings is 1. The number of alkyl halides is 2. The van der Waals surface area contributed by atoms with Crippen LogP contribution in [0.25, 0.3) is 0 Å². The molecule has 0 saturated carbocycles. The van der Waals surface area contributed by atoms with Gasteiger partial charge in [-0.25, -0.2) is 0 Å². The maximum Gasteiger partial charge on any atom is 0.387 e. The summed E-state index contributed by atoms with van der Waals surface area (Å²) < 4.78 is 29.7. The Morgan fingerprint density at radius 1 is 1.43 bits per heavy atom. The average molecular weight is 394 g/mol. The summed E-state index contributed by atoms with van der Waals surface area (Å²) in [6.45, 7) is -2.56. The fourth-order valence-electron chi connectivity index (χ4n) is 1.61. The third kappa shape index (κ3) is 4.30. The van der Waals surface area contributed by atoms with Gasteiger partial charge in [0.05, 0.1) is 15.7 Å². The smallest absolute Gasteiger partial charge is 0.387 e. The van der Waals surface area contributed by atoms with Crippen molar-refractivity contribution in [3.63, 3.8) is 0 Å². The lowest BCUT2D eigenvalue weighted by Gasteiger charge is -2.14. The highest BCUT2D eigenvalue weighted by Crippen LogP contribution is 2.38. The van der Waals surface area contributed by atoms with E-state index in [2.05, 4.69) is 26.0 Å². The minimum atomic E-state index is -2.94. The van der Waals surface area contributed by atoms with Gasteiger partial charge in [-0.1, -0.05) is 11.6 Å². The molecule has 0 amide bonds. The highest BCUT2D eigenvalue weighted by molar-refractivity contribution is 9.10. The van der Waals surface area contributed by atoms with Crippen LogP contribution in [0, 0.1) is 11.3 Å². The van der Waals surface area contributed by atoms with Crippen molar-refractivity contribution in [2.75, 3.05) is 5.32 Å². The van der Waals surface area contributed by atoms with Gasteiger partial charge in [-0.05, 0) is 34.1 Å². The Morgan fingerprint density at radius 3 is 2.81 bits per heavy atom. The fraction of sp³-hybridized carbons (Fsp3) is 0.154. The zero-order chi connectivity index (χ0) is 15.4. The molecular formula is C13H8BrClF2N2OS. The first-order chi connectivity index (χ1) is 9.99. The number of hydrogen-bond donors (Lipinski definition) is 1. The molecule has 0 radical (unpaired) electrons. The third-order valence-corrected chi connectivity index (χ3v) is 4.20. The number of halogens is 4. The highest BCUT2D eigenvalue weighted by atomic mass is 79.9. The Hall–Kier alpha value is -1.36. The van der Waals surface area contributed by atoms with E-state index in [9.17, 15) is 8.78 Å². The van der Waals surface area contributed by atoms with Gasteiger partial charge in [-0.3, -0.25) is 0 Å². The zero-order valence-electron chi connectivity index (χ0n) is 10.4. The van der Waals surface area contributed by atoms with Gasteiger partial charge in [-0.15, -0.1) is 11.3 Å². The van der Waals surface area contributed by atoms with Crippen LogP contribution in [-0.4, -0.2) is 6.61 Å². The second-order valence-corrected chi connectivity index (χ2v) is 6.20. The Labute approximate surface area is 137 Å². The molecule has 0 atom stereocenters. The number of hydrogen-bond acceptors (Lipinski definition) is 4. The Balaban J connectivity index is 2.20. The van der Waals surface area contributed by atoms with Gasteiger partial charge in [0.25, 0.3) is 0 Å². The average Bonchev–Trinajstić information content (AvgIpc) is 2.87. The number of ether oxygens (including phenoxy) is 1. The normalized spacial score (nSPS) is 10.5. The van der Waals surface area contributed by atoms with E-state index in [1.807, 2.05) is 6.07 Å². The summed E-state index contributed by atoms with van der Waals surface area (Å²) in [5.74, 6) is -0.00790. The molecule has 1 aromatic heterocycles. The van der Waals surface area contributed by atoms with Gasteiger partial charge in [-0.2, -0.15) is 14.0 Å². The van der Waals surface area contributed by atoms with E-state index < -0.39 is 6.61 Å². The first-order valence-electron chi connectivity index (χ1n) is 5.65. The summed E-state index contributed by atoms with van der Waals surface area (Å²) in [5.41, 5.74) is 0.912. The molecule has 1 heterocycles. The maximum atomic E-state index is 12.5. The predicted octanol–water partition coefficient (Wildman–Crippen LogP) is 5.25. The molecule has 0 bridgehead atoms. The largest absolute Gasteiger partial charge is 0.431 e. The zero-order valence-corrected chi connectivity index (χ0v) is 13.5. The van der Waals surface area contributed by atoms with E-state index in [0.717, 1.165) is 4.88 Å². The predicted molar refractivity (Wildman–Crippen MR) is 82.1 cm³/mol. The van der Waals surface area contributed by atoms with Crippen LogP contribution in [0.2, 0.25) is 5.02 Å². The number of nitrogens with one attached hydrogen (secondary N) is 1. The van der Waals surface area contributed by atoms with Crippen LogP contribution in [0.1, 0.15) is 10.4 Å². The van der Waals surface area contributed by atoms with Gasteiger partial charge < -0.3 is 10.1 Å². The summed E-state index contributed by atoms with van der Waals surface area (Å²) in [6.07, 6.45) is 0. The van der Waals surface area contributed by atoms with Crippen LogP contribution in [0.5, 0.6) is 5.75 Å². The molecule has 0 unspecified atom stereocenters. The van der Waals surface area contributed by atoms with Gasteiger partial charge >= 0.3 is 6.61 Å². The molecule has 0 aliphatic carbocycles. The first kappa shape index (κ1) is 16.0. The van der Waals surface area contributed by atoms with Crippen molar-refractivity contribution >= 4 is 44.6 Å². The fourth-order valence-corrected chi connectivity index (χ4v) is 3.27. The van der Waals surface area contributed by atoms with Crippen LogP contribution in [0.3, 0.4) is 0 Å². The van der Waals surface area contributed by atoms with Gasteiger partial charge in [0.15, 0.2) is 5.75 Å². The minimum Gasteiger partial charge on any atom is -0.431 e. The molecule has 0 fully saturated rings. The number of anilines is 1. The lowest BCUT2D eigenvalue weighted by atomic mass is 10.2. The second kappa shape index (κ2) is 7.07. The Morgan fingerprint density at radius 2 is 2.19 bits per heavy atom.